The molecule has 2 aromatic heterocycles. The lowest BCUT2D eigenvalue weighted by Gasteiger charge is -2.39. The van der Waals surface area contributed by atoms with E-state index in [1.807, 2.05) is 24.5 Å². The van der Waals surface area contributed by atoms with Crippen LogP contribution in [0, 0.1) is 0 Å². The van der Waals surface area contributed by atoms with Crippen molar-refractivity contribution in [2.75, 3.05) is 59.5 Å². The van der Waals surface area contributed by atoms with Gasteiger partial charge in [0, 0.05) is 70.3 Å². The Kier molecular flexibility index (Phi) is 9.57. The highest BCUT2D eigenvalue weighted by molar-refractivity contribution is 14.0. The van der Waals surface area contributed by atoms with Crippen molar-refractivity contribution in [3.05, 3.63) is 40.4 Å². The van der Waals surface area contributed by atoms with Gasteiger partial charge >= 0.3 is 0 Å². The number of aromatic nitrogens is 1. The van der Waals surface area contributed by atoms with Gasteiger partial charge in [-0.2, -0.15) is 0 Å². The fourth-order valence-electron chi connectivity index (χ4n) is 4.21. The van der Waals surface area contributed by atoms with Crippen LogP contribution in [-0.2, 0) is 11.3 Å². The largest absolute Gasteiger partial charge is 0.376 e. The first-order valence-electron chi connectivity index (χ1n) is 10.7. The number of morpholine rings is 1. The summed E-state index contributed by atoms with van der Waals surface area (Å²) < 4.78 is 10.7. The number of piperazine rings is 1. The molecule has 0 saturated carbocycles. The molecule has 2 aliphatic rings. The second kappa shape index (κ2) is 12.1. The van der Waals surface area contributed by atoms with Crippen LogP contribution >= 0.6 is 35.3 Å². The fraction of sp³-hybridized carbons (Fsp3) is 0.619. The molecule has 0 spiro atoms. The summed E-state index contributed by atoms with van der Waals surface area (Å²) in [5, 5.41) is 9.84. The molecule has 10 heteroatoms. The number of halogens is 1. The molecular formula is C21H33IN6O2S. The molecule has 1 N–H and O–H groups in total. The van der Waals surface area contributed by atoms with Gasteiger partial charge in [0.25, 0.3) is 0 Å². The zero-order valence-electron chi connectivity index (χ0n) is 18.3. The standard InChI is InChI=1S/C21H32N6O2S.HI/c1-17-15-27(10-12-28-17)19(20-4-3-13-30-20)14-23-21(22-2)26-8-6-25(7-9-26)16-18-5-11-29-24-18;/h3-5,11,13,17,19H,6-10,12,14-16H2,1-2H3,(H,22,23);1H. The molecule has 0 aromatic carbocycles. The monoisotopic (exact) mass is 560 g/mol. The topological polar surface area (TPSA) is 69.4 Å². The predicted octanol–water partition coefficient (Wildman–Crippen LogP) is 2.51. The molecule has 0 amide bonds. The molecule has 8 nitrogen and oxygen atoms in total. The van der Waals surface area contributed by atoms with E-state index in [1.54, 1.807) is 6.26 Å². The van der Waals surface area contributed by atoms with E-state index in [1.165, 1.54) is 4.88 Å². The van der Waals surface area contributed by atoms with E-state index in [9.17, 15) is 0 Å². The Morgan fingerprint density at radius 1 is 1.29 bits per heavy atom. The minimum Gasteiger partial charge on any atom is -0.376 e. The molecule has 2 fully saturated rings. The first kappa shape index (κ1) is 24.4. The number of aliphatic imine (C=N–C) groups is 1. The second-order valence-corrected chi connectivity index (χ2v) is 8.87. The zero-order valence-corrected chi connectivity index (χ0v) is 21.4. The van der Waals surface area contributed by atoms with Gasteiger partial charge in [-0.1, -0.05) is 11.2 Å². The molecule has 4 rings (SSSR count). The Morgan fingerprint density at radius 2 is 2.13 bits per heavy atom. The van der Waals surface area contributed by atoms with Gasteiger partial charge in [0.05, 0.1) is 24.4 Å². The van der Waals surface area contributed by atoms with Crippen molar-refractivity contribution in [2.45, 2.75) is 25.6 Å². The fourth-order valence-corrected chi connectivity index (χ4v) is 5.07. The zero-order chi connectivity index (χ0) is 20.8. The van der Waals surface area contributed by atoms with Crippen LogP contribution in [0.3, 0.4) is 0 Å². The van der Waals surface area contributed by atoms with Gasteiger partial charge in [0.15, 0.2) is 5.96 Å². The summed E-state index contributed by atoms with van der Waals surface area (Å²) in [7, 11) is 1.88. The predicted molar refractivity (Wildman–Crippen MR) is 134 cm³/mol. The molecule has 2 unspecified atom stereocenters. The molecule has 172 valence electrons. The highest BCUT2D eigenvalue weighted by atomic mass is 127. The van der Waals surface area contributed by atoms with E-state index >= 15 is 0 Å². The quantitative estimate of drug-likeness (QED) is 0.331. The van der Waals surface area contributed by atoms with Crippen LogP contribution in [0.1, 0.15) is 23.5 Å². The van der Waals surface area contributed by atoms with E-state index in [0.29, 0.717) is 6.04 Å². The maximum Gasteiger partial charge on any atom is 0.193 e. The number of nitrogens with zero attached hydrogens (tertiary/aromatic N) is 5. The highest BCUT2D eigenvalue weighted by Crippen LogP contribution is 2.26. The summed E-state index contributed by atoms with van der Waals surface area (Å²) in [6.07, 6.45) is 1.91. The van der Waals surface area contributed by atoms with Crippen molar-refractivity contribution >= 4 is 41.3 Å². The summed E-state index contributed by atoms with van der Waals surface area (Å²) in [5.74, 6) is 0.985. The van der Waals surface area contributed by atoms with Crippen LogP contribution in [0.2, 0.25) is 0 Å². The van der Waals surface area contributed by atoms with E-state index in [-0.39, 0.29) is 30.1 Å². The van der Waals surface area contributed by atoms with Gasteiger partial charge in [0.1, 0.15) is 6.26 Å². The molecular weight excluding hydrogens is 527 g/mol. The number of nitrogens with one attached hydrogen (secondary N) is 1. The summed E-state index contributed by atoms with van der Waals surface area (Å²) in [4.78, 5) is 13.3. The molecule has 2 aromatic rings. The Balaban J connectivity index is 0.00000272. The van der Waals surface area contributed by atoms with Gasteiger partial charge in [-0.15, -0.1) is 35.3 Å². The summed E-state index contributed by atoms with van der Waals surface area (Å²) in [6, 6.07) is 6.65. The lowest BCUT2D eigenvalue weighted by atomic mass is 10.1. The number of hydrogen-bond donors (Lipinski definition) is 1. The molecule has 0 bridgehead atoms. The average molecular weight is 561 g/mol. The third kappa shape index (κ3) is 6.64. The average Bonchev–Trinajstić information content (AvgIpc) is 3.47. The molecule has 2 atom stereocenters. The van der Waals surface area contributed by atoms with Gasteiger partial charge in [-0.05, 0) is 18.4 Å². The van der Waals surface area contributed by atoms with Crippen molar-refractivity contribution in [1.29, 1.82) is 0 Å². The number of ether oxygens (including phenoxy) is 1. The van der Waals surface area contributed by atoms with Crippen molar-refractivity contribution < 1.29 is 9.26 Å². The van der Waals surface area contributed by atoms with Gasteiger partial charge in [-0.25, -0.2) is 0 Å². The molecule has 2 aliphatic heterocycles. The lowest BCUT2D eigenvalue weighted by Crippen LogP contribution is -2.53. The number of rotatable bonds is 6. The highest BCUT2D eigenvalue weighted by Gasteiger charge is 2.27. The van der Waals surface area contributed by atoms with Crippen LogP contribution in [0.25, 0.3) is 0 Å². The van der Waals surface area contributed by atoms with E-state index < -0.39 is 0 Å². The van der Waals surface area contributed by atoms with Crippen LogP contribution in [0.5, 0.6) is 0 Å². The molecule has 31 heavy (non-hydrogen) atoms. The Hall–Kier alpha value is -1.21. The summed E-state index contributed by atoms with van der Waals surface area (Å²) in [5.41, 5.74) is 0.990. The van der Waals surface area contributed by atoms with E-state index in [2.05, 4.69) is 54.6 Å². The number of thiophene rings is 1. The Morgan fingerprint density at radius 3 is 2.77 bits per heavy atom. The minimum atomic E-state index is 0. The van der Waals surface area contributed by atoms with Crippen molar-refractivity contribution in [2.24, 2.45) is 4.99 Å². The SMILES string of the molecule is CN=C(NCC(c1cccs1)N1CCOC(C)C1)N1CCN(Cc2ccon2)CC1.I. The van der Waals surface area contributed by atoms with Gasteiger partial charge in [-0.3, -0.25) is 14.8 Å². The molecule has 4 heterocycles. The van der Waals surface area contributed by atoms with Crippen LogP contribution < -0.4 is 5.32 Å². The first-order chi connectivity index (χ1) is 14.7. The van der Waals surface area contributed by atoms with Gasteiger partial charge < -0.3 is 19.5 Å². The van der Waals surface area contributed by atoms with Crippen LogP contribution in [0.15, 0.2) is 39.4 Å². The summed E-state index contributed by atoms with van der Waals surface area (Å²) in [6.45, 7) is 10.5. The summed E-state index contributed by atoms with van der Waals surface area (Å²) >= 11 is 1.83. The van der Waals surface area contributed by atoms with E-state index in [4.69, 9.17) is 9.26 Å². The van der Waals surface area contributed by atoms with Crippen molar-refractivity contribution in [1.82, 2.24) is 25.2 Å². The number of hydrogen-bond acceptors (Lipinski definition) is 7. The lowest BCUT2D eigenvalue weighted by molar-refractivity contribution is -0.0334. The van der Waals surface area contributed by atoms with Gasteiger partial charge in [0.2, 0.25) is 0 Å². The number of guanidine groups is 1. The Labute approximate surface area is 205 Å². The molecule has 2 saturated heterocycles. The maximum atomic E-state index is 5.76. The minimum absolute atomic E-state index is 0. The first-order valence-corrected chi connectivity index (χ1v) is 11.6. The van der Waals surface area contributed by atoms with Crippen molar-refractivity contribution in [3.8, 4) is 0 Å². The second-order valence-electron chi connectivity index (χ2n) is 7.89. The third-order valence-electron chi connectivity index (χ3n) is 5.80. The maximum absolute atomic E-state index is 5.76. The van der Waals surface area contributed by atoms with Crippen molar-refractivity contribution in [3.63, 3.8) is 0 Å². The van der Waals surface area contributed by atoms with Crippen LogP contribution in [-0.4, -0.2) is 91.4 Å². The smallest absolute Gasteiger partial charge is 0.193 e. The molecule has 0 aliphatic carbocycles. The normalized spacial score (nSPS) is 22.2. The third-order valence-corrected chi connectivity index (χ3v) is 6.77. The Bertz CT molecular complexity index is 780. The molecule has 0 radical (unpaired) electrons. The van der Waals surface area contributed by atoms with Crippen LogP contribution in [0.4, 0.5) is 0 Å². The van der Waals surface area contributed by atoms with E-state index in [0.717, 1.165) is 70.6 Å².